The van der Waals surface area contributed by atoms with Crippen LogP contribution in [0.1, 0.15) is 35.0 Å². The summed E-state index contributed by atoms with van der Waals surface area (Å²) in [5.41, 5.74) is 4.05. The zero-order valence-electron chi connectivity index (χ0n) is 18.0. The highest BCUT2D eigenvalue weighted by atomic mass is 19.1. The predicted octanol–water partition coefficient (Wildman–Crippen LogP) is 3.64. The van der Waals surface area contributed by atoms with Crippen LogP contribution >= 0.6 is 0 Å². The monoisotopic (exact) mass is 410 g/mol. The smallest absolute Gasteiger partial charge is 0.256 e. The maximum absolute atomic E-state index is 13.1. The molecule has 1 amide bonds. The molecule has 1 aromatic carbocycles. The van der Waals surface area contributed by atoms with Crippen molar-refractivity contribution >= 4 is 17.7 Å². The molecule has 0 bridgehead atoms. The molecule has 0 spiro atoms. The lowest BCUT2D eigenvalue weighted by atomic mass is 10.1. The highest BCUT2D eigenvalue weighted by Crippen LogP contribution is 2.23. The number of amides is 1. The molecule has 1 aromatic heterocycles. The molecular formula is C24H31FN4O. The third-order valence-electron chi connectivity index (χ3n) is 6.22. The standard InChI is InChI=1S/C24H31FN4O/c1-3-27-18-19(2)23-22(27)6-4-12-29(24(23)30)13-5-11-26-14-16-28(17-15-26)21-9-7-20(25)8-10-21/h4,6-10,18H,3,5,11-17H2,1-2H3. The number of carbonyl (C=O) groups excluding carboxylic acids is 1. The topological polar surface area (TPSA) is 31.7 Å². The minimum atomic E-state index is -0.191. The van der Waals surface area contributed by atoms with Gasteiger partial charge in [-0.25, -0.2) is 4.39 Å². The molecule has 2 aromatic rings. The number of fused-ring (bicyclic) bond motifs is 1. The lowest BCUT2D eigenvalue weighted by Crippen LogP contribution is -2.47. The minimum absolute atomic E-state index is 0.154. The van der Waals surface area contributed by atoms with Gasteiger partial charge in [0.2, 0.25) is 0 Å². The molecule has 2 aliphatic heterocycles. The molecule has 1 fully saturated rings. The van der Waals surface area contributed by atoms with E-state index in [0.717, 1.165) is 74.7 Å². The molecule has 6 heteroatoms. The second-order valence-corrected chi connectivity index (χ2v) is 8.17. The molecular weight excluding hydrogens is 379 g/mol. The maximum Gasteiger partial charge on any atom is 0.256 e. The Bertz CT molecular complexity index is 910. The fourth-order valence-corrected chi connectivity index (χ4v) is 4.52. The van der Waals surface area contributed by atoms with Crippen LogP contribution in [0.15, 0.2) is 36.5 Å². The summed E-state index contributed by atoms with van der Waals surface area (Å²) in [6.07, 6.45) is 7.26. The van der Waals surface area contributed by atoms with E-state index in [1.165, 1.54) is 12.1 Å². The van der Waals surface area contributed by atoms with Crippen LogP contribution in [-0.4, -0.2) is 66.1 Å². The largest absolute Gasteiger partial charge is 0.369 e. The van der Waals surface area contributed by atoms with Gasteiger partial charge in [0, 0.05) is 57.7 Å². The summed E-state index contributed by atoms with van der Waals surface area (Å²) >= 11 is 0. The number of carbonyl (C=O) groups is 1. The number of hydrogen-bond donors (Lipinski definition) is 0. The molecule has 1 saturated heterocycles. The molecule has 3 heterocycles. The molecule has 0 saturated carbocycles. The number of halogens is 1. The molecule has 30 heavy (non-hydrogen) atoms. The zero-order valence-corrected chi connectivity index (χ0v) is 18.0. The van der Waals surface area contributed by atoms with E-state index in [0.29, 0.717) is 6.54 Å². The Hall–Kier alpha value is -2.60. The van der Waals surface area contributed by atoms with Crippen LogP contribution in [0.3, 0.4) is 0 Å². The Kier molecular flexibility index (Phi) is 6.23. The summed E-state index contributed by atoms with van der Waals surface area (Å²) in [4.78, 5) is 19.9. The number of aryl methyl sites for hydroxylation is 2. The van der Waals surface area contributed by atoms with Gasteiger partial charge in [0.25, 0.3) is 5.91 Å². The van der Waals surface area contributed by atoms with Crippen LogP contribution < -0.4 is 4.90 Å². The van der Waals surface area contributed by atoms with Crippen LogP contribution in [0.5, 0.6) is 0 Å². The van der Waals surface area contributed by atoms with Crippen molar-refractivity contribution in [1.29, 1.82) is 0 Å². The van der Waals surface area contributed by atoms with Crippen LogP contribution in [0.4, 0.5) is 10.1 Å². The van der Waals surface area contributed by atoms with Crippen molar-refractivity contribution in [2.45, 2.75) is 26.8 Å². The van der Waals surface area contributed by atoms with Gasteiger partial charge in [-0.3, -0.25) is 9.69 Å². The van der Waals surface area contributed by atoms with Gasteiger partial charge in [0.15, 0.2) is 0 Å². The summed E-state index contributed by atoms with van der Waals surface area (Å²) in [6.45, 7) is 11.3. The second-order valence-electron chi connectivity index (χ2n) is 8.17. The Morgan fingerprint density at radius 3 is 2.47 bits per heavy atom. The number of benzene rings is 1. The van der Waals surface area contributed by atoms with Crippen molar-refractivity contribution in [1.82, 2.24) is 14.4 Å². The normalized spacial score (nSPS) is 17.4. The van der Waals surface area contributed by atoms with Gasteiger partial charge >= 0.3 is 0 Å². The zero-order chi connectivity index (χ0) is 21.1. The van der Waals surface area contributed by atoms with Gasteiger partial charge in [0.1, 0.15) is 5.82 Å². The fraction of sp³-hybridized carbons (Fsp3) is 0.458. The molecule has 0 radical (unpaired) electrons. The van der Waals surface area contributed by atoms with Gasteiger partial charge in [-0.2, -0.15) is 0 Å². The highest BCUT2D eigenvalue weighted by molar-refractivity contribution is 5.99. The van der Waals surface area contributed by atoms with Gasteiger partial charge in [-0.15, -0.1) is 0 Å². The third-order valence-corrected chi connectivity index (χ3v) is 6.22. The third kappa shape index (κ3) is 4.29. The van der Waals surface area contributed by atoms with E-state index in [-0.39, 0.29) is 11.7 Å². The van der Waals surface area contributed by atoms with E-state index >= 15 is 0 Å². The molecule has 4 rings (SSSR count). The Morgan fingerprint density at radius 1 is 1.03 bits per heavy atom. The van der Waals surface area contributed by atoms with Gasteiger partial charge in [-0.05, 0) is 62.7 Å². The van der Waals surface area contributed by atoms with Crippen LogP contribution in [0, 0.1) is 12.7 Å². The highest BCUT2D eigenvalue weighted by Gasteiger charge is 2.25. The Balaban J connectivity index is 1.28. The summed E-state index contributed by atoms with van der Waals surface area (Å²) in [7, 11) is 0. The van der Waals surface area contributed by atoms with Crippen molar-refractivity contribution in [3.63, 3.8) is 0 Å². The van der Waals surface area contributed by atoms with Gasteiger partial charge < -0.3 is 14.4 Å². The molecule has 0 atom stereocenters. The lowest BCUT2D eigenvalue weighted by Gasteiger charge is -2.36. The summed E-state index contributed by atoms with van der Waals surface area (Å²) < 4.78 is 15.3. The average molecular weight is 411 g/mol. The SMILES string of the molecule is CCn1cc(C)c2c1C=CCN(CCCN1CCN(c3ccc(F)cc3)CC1)C2=O. The second kappa shape index (κ2) is 9.04. The first-order chi connectivity index (χ1) is 14.6. The van der Waals surface area contributed by atoms with Gasteiger partial charge in [-0.1, -0.05) is 6.08 Å². The maximum atomic E-state index is 13.1. The molecule has 0 N–H and O–H groups in total. The first-order valence-electron chi connectivity index (χ1n) is 10.9. The summed E-state index contributed by atoms with van der Waals surface area (Å²) in [5, 5.41) is 0. The summed E-state index contributed by atoms with van der Waals surface area (Å²) in [6, 6.07) is 6.75. The van der Waals surface area contributed by atoms with E-state index < -0.39 is 0 Å². The summed E-state index contributed by atoms with van der Waals surface area (Å²) in [5.74, 6) is -0.0373. The van der Waals surface area contributed by atoms with Crippen molar-refractivity contribution in [3.8, 4) is 0 Å². The number of piperazine rings is 1. The van der Waals surface area contributed by atoms with E-state index in [2.05, 4.69) is 39.6 Å². The lowest BCUT2D eigenvalue weighted by molar-refractivity contribution is 0.0767. The van der Waals surface area contributed by atoms with Crippen LogP contribution in [0.25, 0.3) is 6.08 Å². The number of aromatic nitrogens is 1. The number of anilines is 1. The Morgan fingerprint density at radius 2 is 1.77 bits per heavy atom. The van der Waals surface area contributed by atoms with E-state index in [9.17, 15) is 9.18 Å². The van der Waals surface area contributed by atoms with Crippen LogP contribution in [-0.2, 0) is 6.54 Å². The molecule has 0 unspecified atom stereocenters. The Labute approximate surface area is 178 Å². The number of hydrogen-bond acceptors (Lipinski definition) is 3. The van der Waals surface area contributed by atoms with Crippen molar-refractivity contribution in [2.75, 3.05) is 50.7 Å². The van der Waals surface area contributed by atoms with Gasteiger partial charge in [0.05, 0.1) is 11.3 Å². The van der Waals surface area contributed by atoms with E-state index in [1.807, 2.05) is 24.0 Å². The molecule has 2 aliphatic rings. The van der Waals surface area contributed by atoms with Crippen molar-refractivity contribution in [3.05, 3.63) is 59.2 Å². The number of rotatable bonds is 6. The average Bonchev–Trinajstić information content (AvgIpc) is 2.98. The molecule has 0 aliphatic carbocycles. The van der Waals surface area contributed by atoms with E-state index in [1.54, 1.807) is 0 Å². The fourth-order valence-electron chi connectivity index (χ4n) is 4.52. The number of nitrogens with zero attached hydrogens (tertiary/aromatic N) is 4. The minimum Gasteiger partial charge on any atom is -0.369 e. The van der Waals surface area contributed by atoms with Crippen LogP contribution in [0.2, 0.25) is 0 Å². The van der Waals surface area contributed by atoms with E-state index in [4.69, 9.17) is 0 Å². The molecule has 5 nitrogen and oxygen atoms in total. The molecule has 160 valence electrons. The first-order valence-corrected chi connectivity index (χ1v) is 10.9. The van der Waals surface area contributed by atoms with Crippen molar-refractivity contribution < 1.29 is 9.18 Å². The quantitative estimate of drug-likeness (QED) is 0.729. The first kappa shape index (κ1) is 20.7. The van der Waals surface area contributed by atoms with Crippen molar-refractivity contribution in [2.24, 2.45) is 0 Å². The predicted molar refractivity (Wildman–Crippen MR) is 119 cm³/mol.